The molecule has 0 saturated heterocycles. The molecule has 1 fully saturated rings. The average Bonchev–Trinajstić information content (AvgIpc) is 3.42. The number of ether oxygens (including phenoxy) is 1. The molecule has 1 aromatic carbocycles. The lowest BCUT2D eigenvalue weighted by atomic mass is 9.94. The molecule has 1 saturated carbocycles. The van der Waals surface area contributed by atoms with Crippen LogP contribution in [0.3, 0.4) is 0 Å². The van der Waals surface area contributed by atoms with Crippen molar-refractivity contribution in [1.29, 1.82) is 0 Å². The Morgan fingerprint density at radius 1 is 1.19 bits per heavy atom. The van der Waals surface area contributed by atoms with E-state index in [1.165, 1.54) is 17.8 Å². The van der Waals surface area contributed by atoms with Crippen LogP contribution in [0.1, 0.15) is 82.6 Å². The van der Waals surface area contributed by atoms with Crippen molar-refractivity contribution in [3.63, 3.8) is 0 Å². The van der Waals surface area contributed by atoms with E-state index >= 15 is 0 Å². The fourth-order valence-electron chi connectivity index (χ4n) is 4.60. The molecule has 7 heteroatoms. The monoisotopic (exact) mass is 440 g/mol. The summed E-state index contributed by atoms with van der Waals surface area (Å²) in [5, 5.41) is 4.88. The summed E-state index contributed by atoms with van der Waals surface area (Å²) >= 11 is 1.48. The first-order valence-corrected chi connectivity index (χ1v) is 11.9. The molecule has 1 aliphatic heterocycles. The van der Waals surface area contributed by atoms with E-state index in [-0.39, 0.29) is 30.2 Å². The van der Waals surface area contributed by atoms with Gasteiger partial charge in [-0.2, -0.15) is 0 Å². The Kier molecular flexibility index (Phi) is 6.70. The summed E-state index contributed by atoms with van der Waals surface area (Å²) < 4.78 is 5.08. The van der Waals surface area contributed by atoms with E-state index in [1.54, 1.807) is 13.0 Å². The molecule has 0 radical (unpaired) electrons. The number of thiophene rings is 1. The van der Waals surface area contributed by atoms with E-state index in [0.717, 1.165) is 36.1 Å². The molecule has 2 amide bonds. The van der Waals surface area contributed by atoms with Crippen molar-refractivity contribution in [3.05, 3.63) is 57.3 Å². The quantitative estimate of drug-likeness (QED) is 0.645. The minimum Gasteiger partial charge on any atom is -0.466 e. The van der Waals surface area contributed by atoms with E-state index in [2.05, 4.69) is 5.32 Å². The van der Waals surface area contributed by atoms with Crippen LogP contribution >= 0.6 is 11.3 Å². The Morgan fingerprint density at radius 2 is 2.00 bits per heavy atom. The number of hydrogen-bond donors (Lipinski definition) is 1. The summed E-state index contributed by atoms with van der Waals surface area (Å²) in [7, 11) is 0. The summed E-state index contributed by atoms with van der Waals surface area (Å²) in [5.74, 6) is -0.747. The van der Waals surface area contributed by atoms with Crippen molar-refractivity contribution in [2.24, 2.45) is 0 Å². The lowest BCUT2D eigenvalue weighted by Gasteiger charge is -2.31. The smallest absolute Gasteiger partial charge is 0.308 e. The topological polar surface area (TPSA) is 75.7 Å². The van der Waals surface area contributed by atoms with Gasteiger partial charge < -0.3 is 15.0 Å². The third kappa shape index (κ3) is 4.66. The molecule has 0 bridgehead atoms. The van der Waals surface area contributed by atoms with Crippen molar-refractivity contribution in [3.8, 4) is 0 Å². The van der Waals surface area contributed by atoms with Gasteiger partial charge in [-0.1, -0.05) is 37.5 Å². The van der Waals surface area contributed by atoms with Crippen LogP contribution in [-0.4, -0.2) is 35.3 Å². The molecule has 0 spiro atoms. The third-order valence-electron chi connectivity index (χ3n) is 6.09. The molecule has 1 aromatic heterocycles. The van der Waals surface area contributed by atoms with Gasteiger partial charge in [0.2, 0.25) is 0 Å². The normalized spacial score (nSPS) is 17.3. The first-order valence-electron chi connectivity index (χ1n) is 11.0. The summed E-state index contributed by atoms with van der Waals surface area (Å²) in [4.78, 5) is 41.4. The summed E-state index contributed by atoms with van der Waals surface area (Å²) in [5.41, 5.74) is 1.79. The van der Waals surface area contributed by atoms with E-state index in [0.29, 0.717) is 24.3 Å². The lowest BCUT2D eigenvalue weighted by Crippen LogP contribution is -2.37. The lowest BCUT2D eigenvalue weighted by molar-refractivity contribution is -0.143. The highest BCUT2D eigenvalue weighted by molar-refractivity contribution is 7.10. The Balaban J connectivity index is 1.55. The number of amides is 2. The van der Waals surface area contributed by atoms with Crippen LogP contribution in [0, 0.1) is 0 Å². The average molecular weight is 441 g/mol. The van der Waals surface area contributed by atoms with Gasteiger partial charge in [-0.05, 0) is 42.8 Å². The second-order valence-corrected chi connectivity index (χ2v) is 9.09. The Hall–Kier alpha value is -2.67. The zero-order chi connectivity index (χ0) is 21.8. The largest absolute Gasteiger partial charge is 0.466 e. The van der Waals surface area contributed by atoms with E-state index < -0.39 is 6.04 Å². The van der Waals surface area contributed by atoms with E-state index in [1.807, 2.05) is 34.5 Å². The summed E-state index contributed by atoms with van der Waals surface area (Å²) in [6, 6.07) is 9.00. The number of carbonyl (C=O) groups excluding carboxylic acids is 3. The van der Waals surface area contributed by atoms with Crippen molar-refractivity contribution in [1.82, 2.24) is 10.2 Å². The predicted molar refractivity (Wildman–Crippen MR) is 119 cm³/mol. The minimum atomic E-state index is -0.492. The molecule has 2 heterocycles. The fourth-order valence-corrected chi connectivity index (χ4v) is 5.37. The van der Waals surface area contributed by atoms with E-state index in [4.69, 9.17) is 4.74 Å². The fraction of sp³-hybridized carbons (Fsp3) is 0.458. The van der Waals surface area contributed by atoms with Gasteiger partial charge in [-0.25, -0.2) is 0 Å². The van der Waals surface area contributed by atoms with Crippen LogP contribution in [0.2, 0.25) is 0 Å². The molecular formula is C24H28N2O4S. The molecule has 1 N–H and O–H groups in total. The molecule has 2 aromatic rings. The van der Waals surface area contributed by atoms with Gasteiger partial charge >= 0.3 is 5.97 Å². The van der Waals surface area contributed by atoms with E-state index in [9.17, 15) is 14.4 Å². The van der Waals surface area contributed by atoms with Gasteiger partial charge in [0.05, 0.1) is 30.2 Å². The van der Waals surface area contributed by atoms with Gasteiger partial charge in [0.15, 0.2) is 0 Å². The second kappa shape index (κ2) is 9.64. The number of fused-ring (bicyclic) bond motifs is 1. The van der Waals surface area contributed by atoms with Gasteiger partial charge in [0, 0.05) is 17.5 Å². The maximum Gasteiger partial charge on any atom is 0.308 e. The van der Waals surface area contributed by atoms with Gasteiger partial charge in [-0.15, -0.1) is 11.3 Å². The number of carbonyl (C=O) groups is 3. The molecule has 0 unspecified atom stereocenters. The SMILES string of the molecule is CCOC(=O)C[C@H](NC(=O)c1cccc2c1C(=O)N(C1CCCCC1)C2)c1cccs1. The predicted octanol–water partition coefficient (Wildman–Crippen LogP) is 4.46. The van der Waals surface area contributed by atoms with Gasteiger partial charge in [0.1, 0.15) is 0 Å². The minimum absolute atomic E-state index is 0.0503. The summed E-state index contributed by atoms with van der Waals surface area (Å²) in [6.45, 7) is 2.62. The molecule has 4 rings (SSSR count). The second-order valence-electron chi connectivity index (χ2n) is 8.12. The zero-order valence-corrected chi connectivity index (χ0v) is 18.6. The standard InChI is InChI=1S/C24H28N2O4S/c1-2-30-21(27)14-19(20-12-7-13-31-20)25-23(28)18-11-6-8-16-15-26(24(29)22(16)18)17-9-4-3-5-10-17/h6-8,11-13,17,19H,2-5,9-10,14-15H2,1H3,(H,25,28)/t19-/m0/s1. The van der Waals surface area contributed by atoms with Gasteiger partial charge in [0.25, 0.3) is 11.8 Å². The molecule has 2 aliphatic rings. The molecule has 31 heavy (non-hydrogen) atoms. The number of esters is 1. The number of nitrogens with one attached hydrogen (secondary N) is 1. The number of nitrogens with zero attached hydrogens (tertiary/aromatic N) is 1. The molecule has 6 nitrogen and oxygen atoms in total. The van der Waals surface area contributed by atoms with Gasteiger partial charge in [-0.3, -0.25) is 14.4 Å². The van der Waals surface area contributed by atoms with Crippen molar-refractivity contribution >= 4 is 29.1 Å². The number of benzene rings is 1. The zero-order valence-electron chi connectivity index (χ0n) is 17.8. The maximum atomic E-state index is 13.3. The highest BCUT2D eigenvalue weighted by atomic mass is 32.1. The highest BCUT2D eigenvalue weighted by Crippen LogP contribution is 2.33. The number of rotatable bonds is 7. The molecule has 1 aliphatic carbocycles. The molecule has 1 atom stereocenters. The van der Waals surface area contributed by atoms with Crippen LogP contribution in [0.5, 0.6) is 0 Å². The first kappa shape index (κ1) is 21.6. The molecule has 164 valence electrons. The highest BCUT2D eigenvalue weighted by Gasteiger charge is 2.36. The van der Waals surface area contributed by atoms with Crippen molar-refractivity contribution in [2.45, 2.75) is 64.1 Å². The third-order valence-corrected chi connectivity index (χ3v) is 7.08. The Labute approximate surface area is 186 Å². The Morgan fingerprint density at radius 3 is 2.71 bits per heavy atom. The van der Waals surface area contributed by atoms with Crippen LogP contribution in [0.25, 0.3) is 0 Å². The van der Waals surface area contributed by atoms with Crippen LogP contribution in [-0.2, 0) is 16.1 Å². The molecular weight excluding hydrogens is 412 g/mol. The first-order chi connectivity index (χ1) is 15.1. The summed E-state index contributed by atoms with van der Waals surface area (Å²) in [6.07, 6.45) is 5.63. The van der Waals surface area contributed by atoms with Crippen LogP contribution in [0.15, 0.2) is 35.7 Å². The Bertz CT molecular complexity index is 950. The van der Waals surface area contributed by atoms with Crippen LogP contribution < -0.4 is 5.32 Å². The van der Waals surface area contributed by atoms with Crippen molar-refractivity contribution < 1.29 is 19.1 Å². The van der Waals surface area contributed by atoms with Crippen molar-refractivity contribution in [2.75, 3.05) is 6.61 Å². The maximum absolute atomic E-state index is 13.3. The number of hydrogen-bond acceptors (Lipinski definition) is 5. The van der Waals surface area contributed by atoms with Crippen LogP contribution in [0.4, 0.5) is 0 Å².